The number of anilines is 1. The molecule has 2 rings (SSSR count). The topological polar surface area (TPSA) is 61.4 Å². The second kappa shape index (κ2) is 8.14. The van der Waals surface area contributed by atoms with Crippen molar-refractivity contribution in [3.8, 4) is 0 Å². The summed E-state index contributed by atoms with van der Waals surface area (Å²) < 4.78 is 13.5. The first-order chi connectivity index (χ1) is 10.7. The van der Waals surface area contributed by atoms with Crippen LogP contribution in [-0.2, 0) is 0 Å². The van der Waals surface area contributed by atoms with Crippen LogP contribution in [0.5, 0.6) is 0 Å². The summed E-state index contributed by atoms with van der Waals surface area (Å²) >= 11 is 0. The number of aliphatic hydroxyl groups is 1. The molecule has 1 unspecified atom stereocenters. The predicted molar refractivity (Wildman–Crippen MR) is 84.3 cm³/mol. The van der Waals surface area contributed by atoms with Crippen LogP contribution in [0, 0.1) is 5.82 Å². The fraction of sp³-hybridized carbons (Fsp3) is 0.235. The molecule has 22 heavy (non-hydrogen) atoms. The fourth-order valence-corrected chi connectivity index (χ4v) is 2.21. The van der Waals surface area contributed by atoms with Crippen LogP contribution in [-0.4, -0.2) is 24.3 Å². The summed E-state index contributed by atoms with van der Waals surface area (Å²) in [5.74, 6) is -0.467. The SMILES string of the molecule is O=C(NCC(CCO)c1ccccc1)Nc1ccccc1F. The summed E-state index contributed by atoms with van der Waals surface area (Å²) in [4.78, 5) is 11.9. The zero-order valence-corrected chi connectivity index (χ0v) is 12.1. The summed E-state index contributed by atoms with van der Waals surface area (Å²) in [6, 6.07) is 15.2. The van der Waals surface area contributed by atoms with Gasteiger partial charge in [0.05, 0.1) is 5.69 Å². The van der Waals surface area contributed by atoms with E-state index in [-0.39, 0.29) is 18.2 Å². The number of benzene rings is 2. The molecule has 2 amide bonds. The van der Waals surface area contributed by atoms with E-state index in [2.05, 4.69) is 10.6 Å². The van der Waals surface area contributed by atoms with Gasteiger partial charge in [-0.3, -0.25) is 0 Å². The molecule has 0 radical (unpaired) electrons. The minimum Gasteiger partial charge on any atom is -0.396 e. The average molecular weight is 302 g/mol. The Kier molecular flexibility index (Phi) is 5.91. The van der Waals surface area contributed by atoms with Crippen LogP contribution in [0.3, 0.4) is 0 Å². The third kappa shape index (κ3) is 4.56. The van der Waals surface area contributed by atoms with Crippen LogP contribution < -0.4 is 10.6 Å². The van der Waals surface area contributed by atoms with E-state index in [9.17, 15) is 9.18 Å². The molecule has 5 heteroatoms. The number of aliphatic hydroxyl groups excluding tert-OH is 1. The second-order valence-corrected chi connectivity index (χ2v) is 4.93. The number of halogens is 1. The summed E-state index contributed by atoms with van der Waals surface area (Å²) in [5, 5.41) is 14.3. The van der Waals surface area contributed by atoms with Crippen molar-refractivity contribution in [2.45, 2.75) is 12.3 Å². The highest BCUT2D eigenvalue weighted by Crippen LogP contribution is 2.18. The number of carbonyl (C=O) groups excluding carboxylic acids is 1. The molecule has 1 atom stereocenters. The van der Waals surface area contributed by atoms with Gasteiger partial charge in [-0.25, -0.2) is 9.18 Å². The number of amides is 2. The largest absolute Gasteiger partial charge is 0.396 e. The molecule has 2 aromatic carbocycles. The first-order valence-electron chi connectivity index (χ1n) is 7.16. The first-order valence-corrected chi connectivity index (χ1v) is 7.16. The van der Waals surface area contributed by atoms with E-state index in [1.165, 1.54) is 12.1 Å². The molecule has 4 nitrogen and oxygen atoms in total. The number of para-hydroxylation sites is 1. The van der Waals surface area contributed by atoms with E-state index in [1.807, 2.05) is 30.3 Å². The van der Waals surface area contributed by atoms with Crippen molar-refractivity contribution in [2.24, 2.45) is 0 Å². The molecule has 116 valence electrons. The summed E-state index contributed by atoms with van der Waals surface area (Å²) in [7, 11) is 0. The Hall–Kier alpha value is -2.40. The van der Waals surface area contributed by atoms with E-state index < -0.39 is 11.8 Å². The number of urea groups is 1. The number of hydrogen-bond donors (Lipinski definition) is 3. The van der Waals surface area contributed by atoms with Crippen molar-refractivity contribution in [1.82, 2.24) is 5.32 Å². The van der Waals surface area contributed by atoms with Gasteiger partial charge in [0.2, 0.25) is 0 Å². The molecule has 0 aliphatic carbocycles. The van der Waals surface area contributed by atoms with Gasteiger partial charge in [-0.1, -0.05) is 42.5 Å². The van der Waals surface area contributed by atoms with E-state index in [4.69, 9.17) is 5.11 Å². The van der Waals surface area contributed by atoms with Crippen LogP contribution >= 0.6 is 0 Å². The zero-order valence-electron chi connectivity index (χ0n) is 12.1. The maximum Gasteiger partial charge on any atom is 0.319 e. The van der Waals surface area contributed by atoms with Crippen molar-refractivity contribution in [3.05, 3.63) is 66.0 Å². The Morgan fingerprint density at radius 2 is 1.77 bits per heavy atom. The highest BCUT2D eigenvalue weighted by Gasteiger charge is 2.13. The van der Waals surface area contributed by atoms with Crippen molar-refractivity contribution in [1.29, 1.82) is 0 Å². The molecule has 0 saturated carbocycles. The van der Waals surface area contributed by atoms with Crippen molar-refractivity contribution >= 4 is 11.7 Å². The summed E-state index contributed by atoms with van der Waals surface area (Å²) in [6.45, 7) is 0.404. The first kappa shape index (κ1) is 16.0. The van der Waals surface area contributed by atoms with Crippen molar-refractivity contribution < 1.29 is 14.3 Å². The van der Waals surface area contributed by atoms with Gasteiger partial charge in [0, 0.05) is 19.1 Å². The van der Waals surface area contributed by atoms with Crippen molar-refractivity contribution in [2.75, 3.05) is 18.5 Å². The molecule has 3 N–H and O–H groups in total. The Morgan fingerprint density at radius 3 is 2.45 bits per heavy atom. The van der Waals surface area contributed by atoms with Gasteiger partial charge in [0.1, 0.15) is 5.82 Å². The molecule has 0 fully saturated rings. The van der Waals surface area contributed by atoms with Gasteiger partial charge in [0.15, 0.2) is 0 Å². The van der Waals surface area contributed by atoms with Gasteiger partial charge in [0.25, 0.3) is 0 Å². The average Bonchev–Trinajstić information content (AvgIpc) is 2.54. The van der Waals surface area contributed by atoms with Crippen LogP contribution in [0.25, 0.3) is 0 Å². The Balaban J connectivity index is 1.92. The van der Waals surface area contributed by atoms with Gasteiger partial charge in [-0.05, 0) is 24.1 Å². The fourth-order valence-electron chi connectivity index (χ4n) is 2.21. The number of hydrogen-bond acceptors (Lipinski definition) is 2. The highest BCUT2D eigenvalue weighted by molar-refractivity contribution is 5.89. The lowest BCUT2D eigenvalue weighted by atomic mass is 9.96. The second-order valence-electron chi connectivity index (χ2n) is 4.93. The molecule has 0 aliphatic heterocycles. The highest BCUT2D eigenvalue weighted by atomic mass is 19.1. The number of carbonyl (C=O) groups is 1. The third-order valence-electron chi connectivity index (χ3n) is 3.38. The van der Waals surface area contributed by atoms with Crippen molar-refractivity contribution in [3.63, 3.8) is 0 Å². The number of nitrogens with one attached hydrogen (secondary N) is 2. The van der Waals surface area contributed by atoms with E-state index >= 15 is 0 Å². The maximum atomic E-state index is 13.5. The lowest BCUT2D eigenvalue weighted by Gasteiger charge is -2.17. The number of rotatable bonds is 6. The Bertz CT molecular complexity index is 605. The molecule has 2 aromatic rings. The zero-order chi connectivity index (χ0) is 15.8. The smallest absolute Gasteiger partial charge is 0.319 e. The van der Waals surface area contributed by atoms with Crippen LogP contribution in [0.1, 0.15) is 17.9 Å². The normalized spacial score (nSPS) is 11.7. The van der Waals surface area contributed by atoms with E-state index in [0.29, 0.717) is 13.0 Å². The van der Waals surface area contributed by atoms with E-state index in [1.54, 1.807) is 12.1 Å². The standard InChI is InChI=1S/C17H19FN2O2/c18-15-8-4-5-9-16(15)20-17(22)19-12-14(10-11-21)13-6-2-1-3-7-13/h1-9,14,21H,10-12H2,(H2,19,20,22). The summed E-state index contributed by atoms with van der Waals surface area (Å²) in [6.07, 6.45) is 0.546. The molecule has 0 bridgehead atoms. The van der Waals surface area contributed by atoms with Gasteiger partial charge >= 0.3 is 6.03 Å². The van der Waals surface area contributed by atoms with Crippen LogP contribution in [0.4, 0.5) is 14.9 Å². The van der Waals surface area contributed by atoms with Crippen LogP contribution in [0.15, 0.2) is 54.6 Å². The monoisotopic (exact) mass is 302 g/mol. The molecule has 0 saturated heterocycles. The molecule has 0 spiro atoms. The maximum absolute atomic E-state index is 13.5. The van der Waals surface area contributed by atoms with E-state index in [0.717, 1.165) is 5.56 Å². The Labute approximate surface area is 129 Å². The summed E-state index contributed by atoms with van der Waals surface area (Å²) in [5.41, 5.74) is 1.18. The minimum atomic E-state index is -0.479. The van der Waals surface area contributed by atoms with Gasteiger partial charge < -0.3 is 15.7 Å². The lowest BCUT2D eigenvalue weighted by Crippen LogP contribution is -2.33. The van der Waals surface area contributed by atoms with Gasteiger partial charge in [-0.2, -0.15) is 0 Å². The molecular formula is C17H19FN2O2. The molecule has 0 aliphatic rings. The third-order valence-corrected chi connectivity index (χ3v) is 3.38. The quantitative estimate of drug-likeness (QED) is 0.768. The lowest BCUT2D eigenvalue weighted by molar-refractivity contribution is 0.248. The molecular weight excluding hydrogens is 283 g/mol. The van der Waals surface area contributed by atoms with Gasteiger partial charge in [-0.15, -0.1) is 0 Å². The predicted octanol–water partition coefficient (Wildman–Crippen LogP) is 3.11. The van der Waals surface area contributed by atoms with Crippen LogP contribution in [0.2, 0.25) is 0 Å². The molecule has 0 heterocycles. The minimum absolute atomic E-state index is 0.0116. The Morgan fingerprint density at radius 1 is 1.09 bits per heavy atom. The molecule has 0 aromatic heterocycles.